The molecule has 41 heavy (non-hydrogen) atoms. The molecule has 1 aliphatic rings. The van der Waals surface area contributed by atoms with Gasteiger partial charge in [-0.3, -0.25) is 4.55 Å². The summed E-state index contributed by atoms with van der Waals surface area (Å²) < 4.78 is 138. The highest BCUT2D eigenvalue weighted by molar-refractivity contribution is 7.97. The van der Waals surface area contributed by atoms with E-state index in [0.29, 0.717) is 5.69 Å². The molecule has 7 nitrogen and oxygen atoms in total. The third kappa shape index (κ3) is 5.55. The van der Waals surface area contributed by atoms with Crippen LogP contribution in [0.2, 0.25) is 0 Å². The van der Waals surface area contributed by atoms with Crippen LogP contribution in [0.3, 0.4) is 0 Å². The summed E-state index contributed by atoms with van der Waals surface area (Å²) in [7, 11) is -14.0. The van der Waals surface area contributed by atoms with Gasteiger partial charge in [0.15, 0.2) is 14.7 Å². The lowest BCUT2D eigenvalue weighted by molar-refractivity contribution is -0.246. The third-order valence-electron chi connectivity index (χ3n) is 6.35. The van der Waals surface area contributed by atoms with Gasteiger partial charge in [0, 0.05) is 31.9 Å². The van der Waals surface area contributed by atoms with Crippen molar-refractivity contribution in [2.45, 2.75) is 31.1 Å². The largest absolute Gasteiger partial charge is 0.439 e. The van der Waals surface area contributed by atoms with Crippen LogP contribution in [0, 0.1) is 0 Å². The molecule has 0 aromatic heterocycles. The first-order valence-electron chi connectivity index (χ1n) is 11.8. The van der Waals surface area contributed by atoms with Crippen LogP contribution in [0.15, 0.2) is 99.6 Å². The molecule has 1 heterocycles. The molecule has 0 spiro atoms. The Morgan fingerprint density at radius 2 is 1.02 bits per heavy atom. The molecule has 0 aliphatic carbocycles. The van der Waals surface area contributed by atoms with Gasteiger partial charge in [-0.1, -0.05) is 36.4 Å². The van der Waals surface area contributed by atoms with Crippen LogP contribution in [-0.2, 0) is 31.0 Å². The van der Waals surface area contributed by atoms with Gasteiger partial charge in [0.2, 0.25) is 0 Å². The average molecular weight is 642 g/mol. The molecule has 0 unspecified atom stereocenters. The van der Waals surface area contributed by atoms with Crippen molar-refractivity contribution in [1.82, 2.24) is 4.31 Å². The molecular formula is C25H23F6N2O5S3+. The Kier molecular flexibility index (Phi) is 8.46. The van der Waals surface area contributed by atoms with Crippen LogP contribution < -0.4 is 4.90 Å². The van der Waals surface area contributed by atoms with Gasteiger partial charge in [-0.25, -0.2) is 8.42 Å². The molecule has 0 radical (unpaired) electrons. The maximum atomic E-state index is 14.4. The summed E-state index contributed by atoms with van der Waals surface area (Å²) in [5.41, 5.74) is 0.575. The highest BCUT2D eigenvalue weighted by atomic mass is 32.2. The van der Waals surface area contributed by atoms with E-state index in [1.807, 2.05) is 72.8 Å². The standard InChI is InChI=1S/C25H22F6N2O5S3/c26-23(27,25(30,31)41(36,37)38)24(28,29)40(34,35)33-17-15-32(16-18-33)19-11-13-22(14-12-19)39(20-7-3-1-4-8-20)21-9-5-2-6-10-21/h1-14H,15-18H2/p+1. The Morgan fingerprint density at radius 3 is 1.44 bits per heavy atom. The summed E-state index contributed by atoms with van der Waals surface area (Å²) in [6.07, 6.45) is 0. The molecule has 222 valence electrons. The minimum atomic E-state index is -7.08. The van der Waals surface area contributed by atoms with Crippen molar-refractivity contribution >= 4 is 36.7 Å². The summed E-state index contributed by atoms with van der Waals surface area (Å²) >= 11 is 0. The maximum absolute atomic E-state index is 14.4. The van der Waals surface area contributed by atoms with Crippen molar-refractivity contribution in [3.05, 3.63) is 84.9 Å². The molecule has 1 aliphatic heterocycles. The van der Waals surface area contributed by atoms with E-state index < -0.39 is 60.6 Å². The van der Waals surface area contributed by atoms with Gasteiger partial charge in [-0.15, -0.1) is 0 Å². The Morgan fingerprint density at radius 1 is 0.610 bits per heavy atom. The number of anilines is 1. The van der Waals surface area contributed by atoms with E-state index in [1.54, 1.807) is 17.0 Å². The molecule has 3 aromatic rings. The predicted molar refractivity (Wildman–Crippen MR) is 141 cm³/mol. The fourth-order valence-electron chi connectivity index (χ4n) is 4.16. The summed E-state index contributed by atoms with van der Waals surface area (Å²) in [5.74, 6) is -6.96. The quantitative estimate of drug-likeness (QED) is 0.202. The van der Waals surface area contributed by atoms with Crippen LogP contribution >= 0.6 is 0 Å². The van der Waals surface area contributed by atoms with Gasteiger partial charge in [0.05, 0.1) is 10.9 Å². The number of hydrogen-bond donors (Lipinski definition) is 1. The van der Waals surface area contributed by atoms with E-state index in [9.17, 15) is 43.2 Å². The van der Waals surface area contributed by atoms with Crippen LogP contribution in [0.25, 0.3) is 0 Å². The first kappa shape index (κ1) is 31.2. The fourth-order valence-corrected chi connectivity index (χ4v) is 8.18. The van der Waals surface area contributed by atoms with Crippen LogP contribution in [0.1, 0.15) is 0 Å². The number of hydrogen-bond acceptors (Lipinski definition) is 5. The van der Waals surface area contributed by atoms with Crippen molar-refractivity contribution in [2.75, 3.05) is 31.1 Å². The highest BCUT2D eigenvalue weighted by Gasteiger charge is 2.82. The fraction of sp³-hybridized carbons (Fsp3) is 0.280. The van der Waals surface area contributed by atoms with E-state index in [2.05, 4.69) is 0 Å². The second-order valence-corrected chi connectivity index (χ2v) is 14.4. The molecule has 1 saturated heterocycles. The number of benzene rings is 3. The number of nitrogens with zero attached hydrogens (tertiary/aromatic N) is 2. The summed E-state index contributed by atoms with van der Waals surface area (Å²) in [4.78, 5) is 4.67. The summed E-state index contributed by atoms with van der Waals surface area (Å²) in [6.45, 7) is -2.05. The Balaban J connectivity index is 1.52. The number of piperazine rings is 1. The molecule has 0 atom stereocenters. The lowest BCUT2D eigenvalue weighted by Crippen LogP contribution is -2.64. The lowest BCUT2D eigenvalue weighted by atomic mass is 10.2. The van der Waals surface area contributed by atoms with Gasteiger partial charge in [0.25, 0.3) is 10.0 Å². The molecule has 1 N–H and O–H groups in total. The number of halogens is 6. The monoisotopic (exact) mass is 641 g/mol. The second kappa shape index (κ2) is 11.1. The van der Waals surface area contributed by atoms with Gasteiger partial charge < -0.3 is 4.90 Å². The zero-order valence-electron chi connectivity index (χ0n) is 20.9. The van der Waals surface area contributed by atoms with Crippen molar-refractivity contribution in [1.29, 1.82) is 0 Å². The van der Waals surface area contributed by atoms with E-state index in [-0.39, 0.29) is 17.4 Å². The third-order valence-corrected chi connectivity index (χ3v) is 11.4. The molecule has 0 saturated carbocycles. The van der Waals surface area contributed by atoms with Crippen LogP contribution in [0.4, 0.5) is 32.0 Å². The molecule has 4 rings (SSSR count). The highest BCUT2D eigenvalue weighted by Crippen LogP contribution is 2.51. The number of rotatable bonds is 9. The van der Waals surface area contributed by atoms with Crippen LogP contribution in [0.5, 0.6) is 0 Å². The van der Waals surface area contributed by atoms with Crippen molar-refractivity contribution in [3.8, 4) is 0 Å². The minimum Gasteiger partial charge on any atom is -0.369 e. The molecular weight excluding hydrogens is 618 g/mol. The topological polar surface area (TPSA) is 95.0 Å². The predicted octanol–water partition coefficient (Wildman–Crippen LogP) is 4.94. The van der Waals surface area contributed by atoms with Crippen LogP contribution in [-0.4, -0.2) is 68.3 Å². The van der Waals surface area contributed by atoms with E-state index in [4.69, 9.17) is 4.55 Å². The molecule has 16 heteroatoms. The molecule has 3 aromatic carbocycles. The van der Waals surface area contributed by atoms with E-state index in [1.165, 1.54) is 0 Å². The smallest absolute Gasteiger partial charge is 0.369 e. The summed E-state index contributed by atoms with van der Waals surface area (Å²) in [6, 6.07) is 26.6. The molecule has 0 bridgehead atoms. The van der Waals surface area contributed by atoms with Crippen molar-refractivity contribution < 1.29 is 47.7 Å². The Bertz CT molecular complexity index is 1530. The van der Waals surface area contributed by atoms with Gasteiger partial charge in [0.1, 0.15) is 0 Å². The molecule has 0 amide bonds. The Labute approximate surface area is 235 Å². The minimum absolute atomic E-state index is 0.103. The van der Waals surface area contributed by atoms with Crippen molar-refractivity contribution in [2.24, 2.45) is 0 Å². The van der Waals surface area contributed by atoms with Gasteiger partial charge in [-0.05, 0) is 48.5 Å². The second-order valence-electron chi connectivity index (χ2n) is 8.90. The van der Waals surface area contributed by atoms with Crippen molar-refractivity contribution in [3.63, 3.8) is 0 Å². The van der Waals surface area contributed by atoms with Gasteiger partial charge in [-0.2, -0.15) is 39.1 Å². The SMILES string of the molecule is O=S(=O)(O)C(F)(F)C(F)(F)C(F)(F)S(=O)(=O)N1CCN(c2ccc([S+](c3ccccc3)c3ccccc3)cc2)CC1. The first-order valence-corrected chi connectivity index (χ1v) is 15.9. The normalized spacial score (nSPS) is 16.2. The zero-order chi connectivity index (χ0) is 30.3. The maximum Gasteiger partial charge on any atom is 0.439 e. The number of sulfonamides is 1. The lowest BCUT2D eigenvalue weighted by Gasteiger charge is -2.38. The Hall–Kier alpha value is -2.79. The van der Waals surface area contributed by atoms with E-state index in [0.717, 1.165) is 14.7 Å². The summed E-state index contributed by atoms with van der Waals surface area (Å²) in [5, 5.41) is -13.3. The average Bonchev–Trinajstić information content (AvgIpc) is 2.94. The number of alkyl halides is 6. The van der Waals surface area contributed by atoms with E-state index >= 15 is 0 Å². The first-order chi connectivity index (χ1) is 19.0. The molecule has 1 fully saturated rings. The van der Waals surface area contributed by atoms with Gasteiger partial charge >= 0.3 is 26.5 Å². The zero-order valence-corrected chi connectivity index (χ0v) is 23.3.